The second kappa shape index (κ2) is 12.8. The molecule has 4 heteroatoms. The number of hydrogen-bond acceptors (Lipinski definition) is 3. The van der Waals surface area contributed by atoms with Crippen molar-refractivity contribution in [1.29, 1.82) is 0 Å². The standard InChI is InChI=1S/C46H37N3Si/c1-5-16-37-31(6-2)23-27-39-38-26-25-36(30-42(38)50(3,4)43(37)39)45-47-44(34-21-14-9-15-22-34)48-46(49-45)40-28-24-35(32-17-10-7-11-18-32)29-41(40)33-19-12-8-13-20-33/h5-30H,1H2,2-4H3/b31-6-,37-16+. The molecule has 0 radical (unpaired) electrons. The van der Waals surface area contributed by atoms with E-state index in [4.69, 9.17) is 15.0 Å². The van der Waals surface area contributed by atoms with Crippen LogP contribution in [0.1, 0.15) is 6.92 Å². The van der Waals surface area contributed by atoms with Crippen LogP contribution in [0.5, 0.6) is 0 Å². The summed E-state index contributed by atoms with van der Waals surface area (Å²) in [5.74, 6) is 1.98. The number of hydrogen-bond donors (Lipinski definition) is 0. The second-order valence-electron chi connectivity index (χ2n) is 13.2. The maximum absolute atomic E-state index is 5.25. The molecule has 2 heterocycles. The molecule has 6 aromatic carbocycles. The predicted octanol–water partition coefficient (Wildman–Crippen LogP) is 8.78. The largest absolute Gasteiger partial charge is 0.208 e. The van der Waals surface area contributed by atoms with E-state index in [1.54, 1.807) is 0 Å². The van der Waals surface area contributed by atoms with Crippen LogP contribution in [0.15, 0.2) is 152 Å². The van der Waals surface area contributed by atoms with E-state index in [0.717, 1.165) is 33.4 Å². The lowest BCUT2D eigenvalue weighted by atomic mass is 9.94. The van der Waals surface area contributed by atoms with Crippen LogP contribution in [-0.2, 0) is 0 Å². The molecule has 0 fully saturated rings. The van der Waals surface area contributed by atoms with Crippen molar-refractivity contribution in [3.63, 3.8) is 0 Å². The van der Waals surface area contributed by atoms with Crippen molar-refractivity contribution in [2.75, 3.05) is 0 Å². The maximum atomic E-state index is 5.25. The lowest BCUT2D eigenvalue weighted by Crippen LogP contribution is -2.58. The SMILES string of the molecule is C=C/C=c1/c2c(cc/c1=C/C)-c1ccc(-c3nc(-c4ccccc4)nc(-c4ccc(-c5ccccc5)cc4-c4ccccc4)n3)cc1[Si]2(C)C. The molecule has 1 aliphatic heterocycles. The number of allylic oxidation sites excluding steroid dienone is 1. The average molecular weight is 660 g/mol. The molecule has 1 aliphatic rings. The highest BCUT2D eigenvalue weighted by atomic mass is 28.3. The van der Waals surface area contributed by atoms with Crippen molar-refractivity contribution in [2.24, 2.45) is 0 Å². The van der Waals surface area contributed by atoms with Crippen LogP contribution in [0.4, 0.5) is 0 Å². The number of rotatable bonds is 6. The zero-order chi connectivity index (χ0) is 34.2. The summed E-state index contributed by atoms with van der Waals surface area (Å²) >= 11 is 0. The Morgan fingerprint density at radius 3 is 1.72 bits per heavy atom. The minimum absolute atomic E-state index is 0.651. The molecule has 0 spiro atoms. The average Bonchev–Trinajstić information content (AvgIpc) is 3.41. The van der Waals surface area contributed by atoms with E-state index in [9.17, 15) is 0 Å². The summed E-state index contributed by atoms with van der Waals surface area (Å²) in [5.41, 5.74) is 10.1. The van der Waals surface area contributed by atoms with Gasteiger partial charge in [-0.15, -0.1) is 0 Å². The van der Waals surface area contributed by atoms with Crippen molar-refractivity contribution >= 4 is 30.6 Å². The molecule has 50 heavy (non-hydrogen) atoms. The molecular weight excluding hydrogens is 623 g/mol. The van der Waals surface area contributed by atoms with E-state index in [0.29, 0.717) is 17.5 Å². The van der Waals surface area contributed by atoms with Crippen LogP contribution < -0.4 is 20.8 Å². The van der Waals surface area contributed by atoms with Gasteiger partial charge in [-0.3, -0.25) is 0 Å². The lowest BCUT2D eigenvalue weighted by molar-refractivity contribution is 1.07. The Morgan fingerprint density at radius 1 is 0.500 bits per heavy atom. The second-order valence-corrected chi connectivity index (χ2v) is 17.5. The maximum Gasteiger partial charge on any atom is 0.164 e. The normalized spacial score (nSPS) is 13.6. The summed E-state index contributed by atoms with van der Waals surface area (Å²) in [4.78, 5) is 15.5. The molecule has 240 valence electrons. The van der Waals surface area contributed by atoms with E-state index >= 15 is 0 Å². The minimum Gasteiger partial charge on any atom is -0.208 e. The summed E-state index contributed by atoms with van der Waals surface area (Å²) in [6, 6.07) is 49.1. The van der Waals surface area contributed by atoms with E-state index in [2.05, 4.69) is 154 Å². The van der Waals surface area contributed by atoms with Crippen LogP contribution in [-0.4, -0.2) is 23.0 Å². The van der Waals surface area contributed by atoms with E-state index in [1.807, 2.05) is 30.3 Å². The zero-order valence-corrected chi connectivity index (χ0v) is 29.6. The fourth-order valence-electron chi connectivity index (χ4n) is 7.40. The smallest absolute Gasteiger partial charge is 0.164 e. The van der Waals surface area contributed by atoms with Gasteiger partial charge >= 0.3 is 0 Å². The fourth-order valence-corrected chi connectivity index (χ4v) is 10.9. The van der Waals surface area contributed by atoms with Crippen molar-refractivity contribution in [3.8, 4) is 67.5 Å². The Bertz CT molecular complexity index is 2520. The lowest BCUT2D eigenvalue weighted by Gasteiger charge is -2.20. The van der Waals surface area contributed by atoms with Gasteiger partial charge in [0.15, 0.2) is 17.5 Å². The highest BCUT2D eigenvalue weighted by molar-refractivity contribution is 7.03. The molecule has 0 N–H and O–H groups in total. The predicted molar refractivity (Wildman–Crippen MR) is 213 cm³/mol. The van der Waals surface area contributed by atoms with Gasteiger partial charge in [0.05, 0.1) is 0 Å². The van der Waals surface area contributed by atoms with Gasteiger partial charge in [-0.05, 0) is 73.2 Å². The van der Waals surface area contributed by atoms with Crippen molar-refractivity contribution in [1.82, 2.24) is 15.0 Å². The zero-order valence-electron chi connectivity index (χ0n) is 28.6. The van der Waals surface area contributed by atoms with Crippen molar-refractivity contribution in [2.45, 2.75) is 20.0 Å². The summed E-state index contributed by atoms with van der Waals surface area (Å²) in [6.45, 7) is 11.1. The first-order chi connectivity index (χ1) is 24.5. The molecule has 7 aromatic rings. The molecule has 0 bridgehead atoms. The number of aromatic nitrogens is 3. The Morgan fingerprint density at radius 2 is 1.06 bits per heavy atom. The van der Waals surface area contributed by atoms with Gasteiger partial charge in [-0.25, -0.2) is 15.0 Å². The van der Waals surface area contributed by atoms with Gasteiger partial charge in [0.2, 0.25) is 0 Å². The van der Waals surface area contributed by atoms with Gasteiger partial charge in [0.1, 0.15) is 8.07 Å². The summed E-state index contributed by atoms with van der Waals surface area (Å²) in [6.07, 6.45) is 6.28. The Kier molecular flexibility index (Phi) is 8.02. The van der Waals surface area contributed by atoms with Crippen LogP contribution in [0, 0.1) is 0 Å². The molecule has 3 nitrogen and oxygen atoms in total. The first kappa shape index (κ1) is 31.3. The molecule has 0 amide bonds. The third-order valence-corrected chi connectivity index (χ3v) is 13.4. The number of fused-ring (bicyclic) bond motifs is 3. The molecule has 1 aromatic heterocycles. The quantitative estimate of drug-likeness (QED) is 0.168. The van der Waals surface area contributed by atoms with Crippen LogP contribution in [0.25, 0.3) is 79.7 Å². The monoisotopic (exact) mass is 659 g/mol. The van der Waals surface area contributed by atoms with Crippen LogP contribution in [0.3, 0.4) is 0 Å². The topological polar surface area (TPSA) is 38.7 Å². The number of benzene rings is 6. The third-order valence-electron chi connectivity index (χ3n) is 9.86. The minimum atomic E-state index is -2.09. The summed E-state index contributed by atoms with van der Waals surface area (Å²) in [7, 11) is -2.09. The Hall–Kier alpha value is -5.97. The van der Waals surface area contributed by atoms with Crippen LogP contribution >= 0.6 is 0 Å². The van der Waals surface area contributed by atoms with Crippen molar-refractivity contribution < 1.29 is 0 Å². The van der Waals surface area contributed by atoms with Gasteiger partial charge in [0, 0.05) is 16.7 Å². The highest BCUT2D eigenvalue weighted by Gasteiger charge is 2.38. The summed E-state index contributed by atoms with van der Waals surface area (Å²) in [5, 5.41) is 5.40. The molecule has 0 unspecified atom stereocenters. The van der Waals surface area contributed by atoms with Crippen LogP contribution in [0.2, 0.25) is 13.1 Å². The molecule has 0 saturated carbocycles. The van der Waals surface area contributed by atoms with Gasteiger partial charge < -0.3 is 0 Å². The third kappa shape index (κ3) is 5.44. The van der Waals surface area contributed by atoms with Gasteiger partial charge in [0.25, 0.3) is 0 Å². The van der Waals surface area contributed by atoms with E-state index < -0.39 is 8.07 Å². The van der Waals surface area contributed by atoms with E-state index in [-0.39, 0.29) is 0 Å². The fraction of sp³-hybridized carbons (Fsp3) is 0.0652. The first-order valence-electron chi connectivity index (χ1n) is 17.1. The molecule has 0 atom stereocenters. The number of nitrogens with zero attached hydrogens (tertiary/aromatic N) is 3. The van der Waals surface area contributed by atoms with Gasteiger partial charge in [-0.1, -0.05) is 165 Å². The van der Waals surface area contributed by atoms with Gasteiger partial charge in [-0.2, -0.15) is 0 Å². The first-order valence-corrected chi connectivity index (χ1v) is 20.1. The molecule has 0 saturated heterocycles. The highest BCUT2D eigenvalue weighted by Crippen LogP contribution is 2.36. The van der Waals surface area contributed by atoms with E-state index in [1.165, 1.54) is 37.5 Å². The Labute approximate surface area is 294 Å². The molecular formula is C46H37N3Si. The molecule has 0 aliphatic carbocycles. The van der Waals surface area contributed by atoms with Crippen molar-refractivity contribution in [3.05, 3.63) is 163 Å². The molecule has 8 rings (SSSR count). The summed E-state index contributed by atoms with van der Waals surface area (Å²) < 4.78 is 0. The Balaban J connectivity index is 1.33.